The fourth-order valence-electron chi connectivity index (χ4n) is 4.07. The number of hydrogen-bond donors (Lipinski definition) is 2. The van der Waals surface area contributed by atoms with E-state index in [9.17, 15) is 14.4 Å². The van der Waals surface area contributed by atoms with Gasteiger partial charge in [0.1, 0.15) is 6.04 Å². The number of benzene rings is 1. The van der Waals surface area contributed by atoms with Crippen LogP contribution in [0, 0.1) is 0 Å². The Labute approximate surface area is 180 Å². The molecule has 2 aromatic rings. The molecule has 0 unspecified atom stereocenters. The number of nitrogens with zero attached hydrogens (tertiary/aromatic N) is 4. The van der Waals surface area contributed by atoms with E-state index in [-0.39, 0.29) is 18.2 Å². The Hall–Kier alpha value is -3.62. The molecule has 0 spiro atoms. The summed E-state index contributed by atoms with van der Waals surface area (Å²) in [6, 6.07) is 8.39. The number of pyridine rings is 1. The van der Waals surface area contributed by atoms with Gasteiger partial charge < -0.3 is 25.1 Å². The van der Waals surface area contributed by atoms with Crippen LogP contribution in [0.3, 0.4) is 0 Å². The van der Waals surface area contributed by atoms with E-state index < -0.39 is 12.0 Å². The minimum absolute atomic E-state index is 0.0440. The molecule has 31 heavy (non-hydrogen) atoms. The molecule has 1 saturated heterocycles. The quantitative estimate of drug-likeness (QED) is 0.763. The first kappa shape index (κ1) is 20.6. The number of nitrogens with one attached hydrogen (secondary N) is 1. The second-order valence-corrected chi connectivity index (χ2v) is 7.85. The fraction of sp³-hybridized carbons (Fsp3) is 0.364. The summed E-state index contributed by atoms with van der Waals surface area (Å²) in [5.41, 5.74) is 3.14. The van der Waals surface area contributed by atoms with Crippen molar-refractivity contribution in [3.05, 3.63) is 53.9 Å². The van der Waals surface area contributed by atoms with Gasteiger partial charge in [0.25, 0.3) is 5.91 Å². The van der Waals surface area contributed by atoms with Gasteiger partial charge in [-0.1, -0.05) is 0 Å². The first-order valence-corrected chi connectivity index (χ1v) is 10.2. The molecule has 1 atom stereocenters. The van der Waals surface area contributed by atoms with Crippen LogP contribution in [0.2, 0.25) is 0 Å². The minimum Gasteiger partial charge on any atom is -0.481 e. The average Bonchev–Trinajstić information content (AvgIpc) is 2.89. The van der Waals surface area contributed by atoms with Crippen molar-refractivity contribution in [3.8, 4) is 0 Å². The molecular formula is C22H25N5O4. The molecule has 3 heterocycles. The summed E-state index contributed by atoms with van der Waals surface area (Å²) in [5, 5.41) is 12.1. The molecule has 4 rings (SSSR count). The lowest BCUT2D eigenvalue weighted by molar-refractivity contribution is -0.141. The lowest BCUT2D eigenvalue weighted by atomic mass is 10.1. The van der Waals surface area contributed by atoms with Crippen LogP contribution in [-0.4, -0.2) is 76.9 Å². The van der Waals surface area contributed by atoms with Crippen molar-refractivity contribution in [2.75, 3.05) is 43.4 Å². The summed E-state index contributed by atoms with van der Waals surface area (Å²) in [7, 11) is 1.64. The van der Waals surface area contributed by atoms with Gasteiger partial charge in [0, 0.05) is 69.1 Å². The summed E-state index contributed by atoms with van der Waals surface area (Å²) >= 11 is 0. The van der Waals surface area contributed by atoms with Gasteiger partial charge in [0.15, 0.2) is 0 Å². The lowest BCUT2D eigenvalue weighted by Gasteiger charge is -2.36. The number of carbonyl (C=O) groups excluding carboxylic acids is 2. The minimum atomic E-state index is -1.04. The number of hydrogen-bond acceptors (Lipinski definition) is 6. The Morgan fingerprint density at radius 1 is 1.13 bits per heavy atom. The molecular weight excluding hydrogens is 398 g/mol. The number of aliphatic carboxylic acids is 1. The Morgan fingerprint density at radius 2 is 1.84 bits per heavy atom. The van der Waals surface area contributed by atoms with E-state index in [0.29, 0.717) is 30.9 Å². The van der Waals surface area contributed by atoms with Crippen LogP contribution in [0.15, 0.2) is 42.7 Å². The van der Waals surface area contributed by atoms with E-state index >= 15 is 0 Å². The van der Waals surface area contributed by atoms with Gasteiger partial charge in [-0.3, -0.25) is 19.4 Å². The molecule has 0 bridgehead atoms. The molecule has 0 saturated carbocycles. The maximum absolute atomic E-state index is 13.1. The van der Waals surface area contributed by atoms with E-state index in [1.54, 1.807) is 37.6 Å². The summed E-state index contributed by atoms with van der Waals surface area (Å²) in [6.07, 6.45) is 3.23. The van der Waals surface area contributed by atoms with Gasteiger partial charge in [-0.05, 0) is 35.9 Å². The smallest absolute Gasteiger partial charge is 0.305 e. The number of likely N-dealkylation sites (N-methyl/N-ethyl adjacent to an activating group) is 1. The molecule has 9 nitrogen and oxygen atoms in total. The van der Waals surface area contributed by atoms with Crippen LogP contribution >= 0.6 is 0 Å². The van der Waals surface area contributed by atoms with Gasteiger partial charge in [-0.2, -0.15) is 0 Å². The highest BCUT2D eigenvalue weighted by atomic mass is 16.4. The zero-order valence-electron chi connectivity index (χ0n) is 17.3. The predicted octanol–water partition coefficient (Wildman–Crippen LogP) is 1.27. The van der Waals surface area contributed by atoms with Gasteiger partial charge in [-0.25, -0.2) is 0 Å². The van der Waals surface area contributed by atoms with E-state index in [0.717, 1.165) is 24.3 Å². The monoisotopic (exact) mass is 423 g/mol. The molecule has 0 radical (unpaired) electrons. The van der Waals surface area contributed by atoms with Crippen LogP contribution in [-0.2, 0) is 16.1 Å². The number of piperazine rings is 1. The average molecular weight is 423 g/mol. The summed E-state index contributed by atoms with van der Waals surface area (Å²) in [6.45, 7) is 3.05. The van der Waals surface area contributed by atoms with E-state index in [1.165, 1.54) is 4.90 Å². The van der Waals surface area contributed by atoms with Crippen molar-refractivity contribution < 1.29 is 19.5 Å². The second kappa shape index (κ2) is 8.63. The van der Waals surface area contributed by atoms with E-state index in [4.69, 9.17) is 5.11 Å². The zero-order valence-corrected chi connectivity index (χ0v) is 17.3. The molecule has 2 aliphatic heterocycles. The lowest BCUT2D eigenvalue weighted by Crippen LogP contribution is -2.48. The topological polar surface area (TPSA) is 106 Å². The third kappa shape index (κ3) is 4.45. The van der Waals surface area contributed by atoms with Crippen molar-refractivity contribution in [2.45, 2.75) is 19.0 Å². The maximum Gasteiger partial charge on any atom is 0.305 e. The zero-order chi connectivity index (χ0) is 22.0. The van der Waals surface area contributed by atoms with Crippen LogP contribution in [0.5, 0.6) is 0 Å². The van der Waals surface area contributed by atoms with Crippen LogP contribution in [0.4, 0.5) is 11.4 Å². The largest absolute Gasteiger partial charge is 0.481 e. The standard InChI is InChI=1S/C22H25N5O4/c1-25-14-16-12-15(2-3-18(16)24-19(22(25)31)13-20(28)29)21(30)27-10-8-26(9-11-27)17-4-6-23-7-5-17/h2-7,12,19,24H,8-11,13-14H2,1H3,(H,28,29)/t19-/m1/s1. The van der Waals surface area contributed by atoms with Crippen molar-refractivity contribution in [1.82, 2.24) is 14.8 Å². The van der Waals surface area contributed by atoms with Crippen molar-refractivity contribution >= 4 is 29.2 Å². The van der Waals surface area contributed by atoms with Crippen LogP contribution in [0.25, 0.3) is 0 Å². The van der Waals surface area contributed by atoms with Crippen molar-refractivity contribution in [2.24, 2.45) is 0 Å². The highest BCUT2D eigenvalue weighted by Crippen LogP contribution is 2.26. The number of carboxylic acids is 1. The fourth-order valence-corrected chi connectivity index (χ4v) is 4.07. The molecule has 0 aliphatic carbocycles. The molecule has 162 valence electrons. The second-order valence-electron chi connectivity index (χ2n) is 7.85. The van der Waals surface area contributed by atoms with Gasteiger partial charge in [0.05, 0.1) is 6.42 Å². The molecule has 2 aliphatic rings. The normalized spacial score (nSPS) is 18.8. The number of carbonyl (C=O) groups is 3. The molecule has 1 aromatic carbocycles. The number of anilines is 2. The van der Waals surface area contributed by atoms with Gasteiger partial charge in [0.2, 0.25) is 5.91 Å². The Morgan fingerprint density at radius 3 is 2.52 bits per heavy atom. The SMILES string of the molecule is CN1Cc2cc(C(=O)N3CCN(c4ccncc4)CC3)ccc2N[C@H](CC(=O)O)C1=O. The highest BCUT2D eigenvalue weighted by molar-refractivity contribution is 5.96. The van der Waals surface area contributed by atoms with E-state index in [2.05, 4.69) is 15.2 Å². The number of rotatable bonds is 4. The molecule has 2 N–H and O–H groups in total. The third-order valence-corrected chi connectivity index (χ3v) is 5.74. The molecule has 1 aromatic heterocycles. The Kier molecular flexibility index (Phi) is 5.75. The first-order valence-electron chi connectivity index (χ1n) is 10.2. The van der Waals surface area contributed by atoms with Crippen molar-refractivity contribution in [3.63, 3.8) is 0 Å². The Balaban J connectivity index is 1.47. The van der Waals surface area contributed by atoms with Gasteiger partial charge in [-0.15, -0.1) is 0 Å². The van der Waals surface area contributed by atoms with E-state index in [1.807, 2.05) is 17.0 Å². The number of carboxylic acid groups (broad SMARTS) is 1. The molecule has 9 heteroatoms. The number of aromatic nitrogens is 1. The predicted molar refractivity (Wildman–Crippen MR) is 115 cm³/mol. The first-order chi connectivity index (χ1) is 14.9. The summed E-state index contributed by atoms with van der Waals surface area (Å²) in [4.78, 5) is 46.3. The van der Waals surface area contributed by atoms with Crippen LogP contribution in [0.1, 0.15) is 22.3 Å². The number of amides is 2. The Bertz CT molecular complexity index is 989. The summed E-state index contributed by atoms with van der Waals surface area (Å²) in [5.74, 6) is -1.36. The maximum atomic E-state index is 13.1. The highest BCUT2D eigenvalue weighted by Gasteiger charge is 2.30. The molecule has 1 fully saturated rings. The van der Waals surface area contributed by atoms with Crippen molar-refractivity contribution in [1.29, 1.82) is 0 Å². The molecule has 2 amide bonds. The number of fused-ring (bicyclic) bond motifs is 1. The van der Waals surface area contributed by atoms with Crippen LogP contribution < -0.4 is 10.2 Å². The van der Waals surface area contributed by atoms with Gasteiger partial charge >= 0.3 is 5.97 Å². The summed E-state index contributed by atoms with van der Waals surface area (Å²) < 4.78 is 0. The third-order valence-electron chi connectivity index (χ3n) is 5.74.